The molecule has 0 aliphatic rings. The van der Waals surface area contributed by atoms with Gasteiger partial charge in [0.1, 0.15) is 5.75 Å². The van der Waals surface area contributed by atoms with Gasteiger partial charge in [0.05, 0.1) is 11.6 Å². The summed E-state index contributed by atoms with van der Waals surface area (Å²) >= 11 is 3.56. The summed E-state index contributed by atoms with van der Waals surface area (Å²) in [6.45, 7) is 9.97. The van der Waals surface area contributed by atoms with Crippen LogP contribution in [0.1, 0.15) is 39.3 Å². The molecule has 2 nitrogen and oxygen atoms in total. The average Bonchev–Trinajstić information content (AvgIpc) is 2.35. The normalized spacial score (nSPS) is 14.6. The van der Waals surface area contributed by atoms with E-state index >= 15 is 0 Å². The fourth-order valence-corrected chi connectivity index (χ4v) is 2.65. The number of benzene rings is 1. The van der Waals surface area contributed by atoms with Crippen LogP contribution in [0.25, 0.3) is 0 Å². The predicted octanol–water partition coefficient (Wildman–Crippen LogP) is 4.40. The van der Waals surface area contributed by atoms with Crippen LogP contribution >= 0.6 is 15.9 Å². The third kappa shape index (κ3) is 3.72. The lowest BCUT2D eigenvalue weighted by Crippen LogP contribution is -2.29. The smallest absolute Gasteiger partial charge is 0.133 e. The lowest BCUT2D eigenvalue weighted by Gasteiger charge is -2.28. The summed E-state index contributed by atoms with van der Waals surface area (Å²) in [5.41, 5.74) is 1.31. The van der Waals surface area contributed by atoms with Gasteiger partial charge in [0.15, 0.2) is 0 Å². The molecule has 0 spiro atoms. The minimum absolute atomic E-state index is 0.386. The van der Waals surface area contributed by atoms with Gasteiger partial charge in [-0.05, 0) is 52.0 Å². The van der Waals surface area contributed by atoms with E-state index in [0.717, 1.165) is 16.8 Å². The van der Waals surface area contributed by atoms with Gasteiger partial charge in [0.25, 0.3) is 0 Å². The van der Waals surface area contributed by atoms with Crippen LogP contribution in [0.3, 0.4) is 0 Å². The van der Waals surface area contributed by atoms with Gasteiger partial charge in [0, 0.05) is 6.04 Å². The molecule has 0 aliphatic carbocycles. The topological polar surface area (TPSA) is 21.3 Å². The van der Waals surface area contributed by atoms with Gasteiger partial charge in [-0.15, -0.1) is 0 Å². The quantitative estimate of drug-likeness (QED) is 0.840. The molecule has 0 fully saturated rings. The maximum Gasteiger partial charge on any atom is 0.133 e. The highest BCUT2D eigenvalue weighted by molar-refractivity contribution is 9.10. The molecule has 0 aromatic heterocycles. The van der Waals surface area contributed by atoms with Crippen molar-refractivity contribution < 1.29 is 4.74 Å². The van der Waals surface area contributed by atoms with Gasteiger partial charge in [0.2, 0.25) is 0 Å². The van der Waals surface area contributed by atoms with Crippen molar-refractivity contribution in [2.75, 3.05) is 13.7 Å². The van der Waals surface area contributed by atoms with E-state index in [9.17, 15) is 0 Å². The molecule has 0 bridgehead atoms. The minimum atomic E-state index is 0.386. The van der Waals surface area contributed by atoms with E-state index in [1.807, 2.05) is 6.07 Å². The van der Waals surface area contributed by atoms with Crippen LogP contribution in [0.15, 0.2) is 22.7 Å². The second-order valence-electron chi connectivity index (χ2n) is 5.03. The van der Waals surface area contributed by atoms with Gasteiger partial charge < -0.3 is 10.1 Å². The highest BCUT2D eigenvalue weighted by Gasteiger charge is 2.21. The molecule has 0 aliphatic heterocycles. The summed E-state index contributed by atoms with van der Waals surface area (Å²) in [6, 6.07) is 6.72. The first-order valence-corrected chi connectivity index (χ1v) is 7.37. The molecule has 0 amide bonds. The van der Waals surface area contributed by atoms with E-state index in [1.165, 1.54) is 5.56 Å². The third-order valence-corrected chi connectivity index (χ3v) is 4.16. The standard InChI is InChI=1S/C15H24BrNO/c1-6-17-15(11(4)10(2)3)12-7-8-14(18-5)13(16)9-12/h7-11,15,17H,6H2,1-5H3. The van der Waals surface area contributed by atoms with Crippen molar-refractivity contribution in [3.05, 3.63) is 28.2 Å². The molecular weight excluding hydrogens is 290 g/mol. The highest BCUT2D eigenvalue weighted by Crippen LogP contribution is 2.32. The van der Waals surface area contributed by atoms with Crippen molar-refractivity contribution in [3.63, 3.8) is 0 Å². The van der Waals surface area contributed by atoms with Crippen LogP contribution in [0.2, 0.25) is 0 Å². The lowest BCUT2D eigenvalue weighted by molar-refractivity contribution is 0.307. The fourth-order valence-electron chi connectivity index (χ4n) is 2.09. The zero-order chi connectivity index (χ0) is 13.7. The molecule has 18 heavy (non-hydrogen) atoms. The van der Waals surface area contributed by atoms with Crippen LogP contribution in [0.5, 0.6) is 5.75 Å². The molecule has 1 rings (SSSR count). The first kappa shape index (κ1) is 15.5. The Morgan fingerprint density at radius 1 is 1.28 bits per heavy atom. The average molecular weight is 314 g/mol. The first-order valence-electron chi connectivity index (χ1n) is 6.58. The Balaban J connectivity index is 3.02. The maximum absolute atomic E-state index is 5.28. The molecule has 102 valence electrons. The third-order valence-electron chi connectivity index (χ3n) is 3.54. The molecule has 0 radical (unpaired) electrons. The summed E-state index contributed by atoms with van der Waals surface area (Å²) in [5, 5.41) is 3.58. The second kappa shape index (κ2) is 7.15. The SMILES string of the molecule is CCNC(c1ccc(OC)c(Br)c1)C(C)C(C)C. The number of halogens is 1. The Hall–Kier alpha value is -0.540. The van der Waals surface area contributed by atoms with Crippen LogP contribution in [-0.2, 0) is 0 Å². The summed E-state index contributed by atoms with van der Waals surface area (Å²) in [5.74, 6) is 2.12. The van der Waals surface area contributed by atoms with Gasteiger partial charge in [-0.3, -0.25) is 0 Å². The number of hydrogen-bond donors (Lipinski definition) is 1. The van der Waals surface area contributed by atoms with Crippen molar-refractivity contribution in [2.24, 2.45) is 11.8 Å². The molecular formula is C15H24BrNO. The number of ether oxygens (including phenoxy) is 1. The summed E-state index contributed by atoms with van der Waals surface area (Å²) < 4.78 is 6.30. The van der Waals surface area contributed by atoms with E-state index < -0.39 is 0 Å². The number of hydrogen-bond acceptors (Lipinski definition) is 2. The monoisotopic (exact) mass is 313 g/mol. The molecule has 0 saturated carbocycles. The largest absolute Gasteiger partial charge is 0.496 e. The van der Waals surface area contributed by atoms with E-state index in [4.69, 9.17) is 4.74 Å². The Bertz CT molecular complexity index is 379. The lowest BCUT2D eigenvalue weighted by atomic mass is 9.86. The zero-order valence-electron chi connectivity index (χ0n) is 12.0. The molecule has 1 aromatic rings. The van der Waals surface area contributed by atoms with Crippen molar-refractivity contribution in [1.29, 1.82) is 0 Å². The van der Waals surface area contributed by atoms with Crippen molar-refractivity contribution in [2.45, 2.75) is 33.7 Å². The van der Waals surface area contributed by atoms with Crippen LogP contribution < -0.4 is 10.1 Å². The predicted molar refractivity (Wildman–Crippen MR) is 81.1 cm³/mol. The Kier molecular flexibility index (Phi) is 6.16. The minimum Gasteiger partial charge on any atom is -0.496 e. The Labute approximate surface area is 119 Å². The number of nitrogens with one attached hydrogen (secondary N) is 1. The van der Waals surface area contributed by atoms with Gasteiger partial charge in [-0.1, -0.05) is 33.8 Å². The molecule has 0 heterocycles. The zero-order valence-corrected chi connectivity index (χ0v) is 13.5. The second-order valence-corrected chi connectivity index (χ2v) is 5.89. The fraction of sp³-hybridized carbons (Fsp3) is 0.600. The molecule has 0 saturated heterocycles. The van der Waals surface area contributed by atoms with Crippen molar-refractivity contribution in [1.82, 2.24) is 5.32 Å². The van der Waals surface area contributed by atoms with Crippen LogP contribution in [-0.4, -0.2) is 13.7 Å². The molecule has 1 aromatic carbocycles. The van der Waals surface area contributed by atoms with E-state index in [1.54, 1.807) is 7.11 Å². The summed E-state index contributed by atoms with van der Waals surface area (Å²) in [4.78, 5) is 0. The van der Waals surface area contributed by atoms with Crippen LogP contribution in [0, 0.1) is 11.8 Å². The summed E-state index contributed by atoms with van der Waals surface area (Å²) in [6.07, 6.45) is 0. The first-order chi connectivity index (χ1) is 8.51. The highest BCUT2D eigenvalue weighted by atomic mass is 79.9. The Morgan fingerprint density at radius 2 is 1.94 bits per heavy atom. The molecule has 2 unspecified atom stereocenters. The van der Waals surface area contributed by atoms with Gasteiger partial charge in [-0.2, -0.15) is 0 Å². The molecule has 1 N–H and O–H groups in total. The number of methoxy groups -OCH3 is 1. The van der Waals surface area contributed by atoms with E-state index in [2.05, 4.69) is 61.1 Å². The van der Waals surface area contributed by atoms with Crippen LogP contribution in [0.4, 0.5) is 0 Å². The number of rotatable bonds is 6. The molecule has 2 atom stereocenters. The van der Waals surface area contributed by atoms with Crippen molar-refractivity contribution >= 4 is 15.9 Å². The summed E-state index contributed by atoms with van der Waals surface area (Å²) in [7, 11) is 1.69. The van der Waals surface area contributed by atoms with E-state index in [-0.39, 0.29) is 0 Å². The van der Waals surface area contributed by atoms with Crippen molar-refractivity contribution in [3.8, 4) is 5.75 Å². The van der Waals surface area contributed by atoms with Gasteiger partial charge in [-0.25, -0.2) is 0 Å². The Morgan fingerprint density at radius 3 is 2.39 bits per heavy atom. The maximum atomic E-state index is 5.28. The van der Waals surface area contributed by atoms with E-state index in [0.29, 0.717) is 17.9 Å². The van der Waals surface area contributed by atoms with Gasteiger partial charge >= 0.3 is 0 Å². The molecule has 3 heteroatoms.